The number of fused-ring (bicyclic) bond motifs is 15. The summed E-state index contributed by atoms with van der Waals surface area (Å²) < 4.78 is 15.4. The van der Waals surface area contributed by atoms with Crippen LogP contribution in [0.1, 0.15) is 7.43 Å². The van der Waals surface area contributed by atoms with Crippen molar-refractivity contribution in [3.05, 3.63) is 475 Å². The molecule has 0 fully saturated rings. The van der Waals surface area contributed by atoms with Gasteiger partial charge in [-0.05, 0) is 142 Å². The van der Waals surface area contributed by atoms with Crippen LogP contribution in [0.5, 0.6) is 0 Å². The molecule has 0 bridgehead atoms. The average Bonchev–Trinajstić information content (AvgIpc) is 1.56. The van der Waals surface area contributed by atoms with E-state index >= 15 is 0 Å². The van der Waals surface area contributed by atoms with Crippen molar-refractivity contribution in [2.45, 2.75) is 7.43 Å². The Labute approximate surface area is 761 Å². The Morgan fingerprint density at radius 2 is 0.544 bits per heavy atom. The Balaban J connectivity index is 0.000000111. The van der Waals surface area contributed by atoms with Crippen molar-refractivity contribution in [2.24, 2.45) is 0 Å². The number of rotatable bonds is 11. The number of nitrogen functional groups attached to an aromatic ring is 1. The molecule has 0 radical (unpaired) electrons. The van der Waals surface area contributed by atoms with Crippen molar-refractivity contribution < 1.29 is 0 Å². The van der Waals surface area contributed by atoms with E-state index in [4.69, 9.17) is 5.73 Å². The smallest absolute Gasteiger partial charge is 0.356 e. The van der Waals surface area contributed by atoms with Crippen molar-refractivity contribution in [3.8, 4) is 50.4 Å². The summed E-state index contributed by atoms with van der Waals surface area (Å²) in [6.45, 7) is 0. The molecule has 19 aromatic carbocycles. The Kier molecular flexibility index (Phi) is 23.8. The molecule has 0 aliphatic carbocycles. The van der Waals surface area contributed by atoms with E-state index in [0.29, 0.717) is 29.0 Å². The molecule has 6 nitrogen and oxygen atoms in total. The van der Waals surface area contributed by atoms with Crippen LogP contribution in [-0.2, 0) is 0 Å². The average molecular weight is 1910 g/mol. The number of benzene rings is 19. The van der Waals surface area contributed by atoms with Gasteiger partial charge in [-0.1, -0.05) is 189 Å². The molecule has 600 valence electrons. The topological polar surface area (TPSA) is 56.1 Å². The van der Waals surface area contributed by atoms with Crippen LogP contribution >= 0.6 is 38.5 Å². The fourth-order valence-corrected chi connectivity index (χ4v) is 22.4. The number of anilines is 6. The zero-order valence-electron chi connectivity index (χ0n) is 67.4. The number of hydrogen-bond donors (Lipinski definition) is 2. The van der Waals surface area contributed by atoms with E-state index in [1.807, 2.05) is 48.5 Å². The number of halogens is 2. The molecule has 0 amide bonds. The fourth-order valence-electron chi connectivity index (χ4n) is 16.9. The predicted octanol–water partition coefficient (Wildman–Crippen LogP) is 32.3. The van der Waals surface area contributed by atoms with Crippen LogP contribution in [0, 0.1) is 3.57 Å². The van der Waals surface area contributed by atoms with Crippen molar-refractivity contribution in [3.63, 3.8) is 0 Å². The molecule has 10 heteroatoms. The quantitative estimate of drug-likeness (QED) is 0.0771. The van der Waals surface area contributed by atoms with Gasteiger partial charge in [-0.15, -0.1) is 0 Å². The fraction of sp³-hybridized carbons (Fsp3) is 0.00870. The Hall–Kier alpha value is -13.8. The monoisotopic (exact) mass is 1910 g/mol. The number of nitrogens with zero attached hydrogens (tertiary/aromatic N) is 4. The van der Waals surface area contributed by atoms with Gasteiger partial charge in [0, 0.05) is 53.6 Å². The third kappa shape index (κ3) is 16.9. The van der Waals surface area contributed by atoms with Crippen LogP contribution < -0.4 is 16.0 Å². The minimum absolute atomic E-state index is 0. The van der Waals surface area contributed by atoms with E-state index in [2.05, 4.69) is 481 Å². The molecule has 3 N–H and O–H groups in total. The third-order valence-corrected chi connectivity index (χ3v) is 28.8. The van der Waals surface area contributed by atoms with E-state index in [1.165, 1.54) is 168 Å². The van der Waals surface area contributed by atoms with Crippen LogP contribution in [0.15, 0.2) is 472 Å². The summed E-state index contributed by atoms with van der Waals surface area (Å²) in [5.74, 6) is 0. The number of nitrogens with two attached hydrogens (primary N) is 1. The standard InChI is InChI=1S/C42H28N2Se.C30H22N2.C18H12IN.C12H7BrSe.C12H11N.CH4/c1-3-11-29(12-4-1)30-19-21-32(22-20-30)43(34-24-26-42-38(28-34)36-16-8-10-18-41(36)45-42)33-23-25-40-37(27-33)35-15-7-9-17-39(35)44(40)31-13-5-2-6-14-31;1-3-9-22(10-4-1)23-15-17-24(18-16-23)31-25-19-20-30-28(21-25)27-13-7-8-14-29(27)32(30)26-11-5-2-6-12-26;19-13-10-11-18-16(12-13)15-8-4-5-9-17(15)20(18)14-6-2-1-3-7-14;13-8-5-6-12-10(7-8)9-3-1-2-4-11(9)14-12;13-12-8-6-11(7-9-12)10-4-2-1-3-5-10;/h1-28H;1-21,31H;1-12H;1-7H;1-9H,13H2;1H4. The Bertz CT molecular complexity index is 7890. The SMILES string of the molecule is Brc1ccc2[se]c3ccccc3c2c1.C.Ic1ccc2c(c1)c1ccccc1n2-c1ccccc1.Nc1ccc(-c2ccccc2)cc1.c1ccc(-c2ccc(N(c3ccc4[se]c5ccccc5c4c3)c3ccc4c(c3)c3ccccc3n4-c3ccccc3)cc2)cc1.c1ccc(-c2ccc(Nc3ccc4c(c3)c3ccccc3n4-c3ccccc3)cc2)cc1. The van der Waals surface area contributed by atoms with Gasteiger partial charge < -0.3 is 20.2 Å². The van der Waals surface area contributed by atoms with Crippen molar-refractivity contribution >= 4 is 206 Å². The zero-order chi connectivity index (χ0) is 83.2. The summed E-state index contributed by atoms with van der Waals surface area (Å²) in [5.41, 5.74) is 30.3. The maximum absolute atomic E-state index is 5.60. The van der Waals surface area contributed by atoms with Gasteiger partial charge in [0.2, 0.25) is 0 Å². The number of nitrogens with one attached hydrogen (secondary N) is 1. The molecule has 24 aromatic rings. The minimum Gasteiger partial charge on any atom is -0.356 e. The van der Waals surface area contributed by atoms with Gasteiger partial charge in [0.25, 0.3) is 0 Å². The third-order valence-electron chi connectivity index (χ3n) is 22.8. The molecule has 125 heavy (non-hydrogen) atoms. The van der Waals surface area contributed by atoms with E-state index < -0.39 is 0 Å². The van der Waals surface area contributed by atoms with Gasteiger partial charge in [0.15, 0.2) is 0 Å². The summed E-state index contributed by atoms with van der Waals surface area (Å²) in [6.07, 6.45) is 0. The molecular weight excluding hydrogens is 1830 g/mol. The van der Waals surface area contributed by atoms with Gasteiger partial charge >= 0.3 is 341 Å². The van der Waals surface area contributed by atoms with Gasteiger partial charge in [-0.3, -0.25) is 0 Å². The summed E-state index contributed by atoms with van der Waals surface area (Å²) >= 11 is 6.74. The molecule has 0 spiro atoms. The van der Waals surface area contributed by atoms with Crippen molar-refractivity contribution in [2.75, 3.05) is 16.0 Å². The molecular formula is C115H84BrIN6Se2. The first-order valence-electron chi connectivity index (χ1n) is 41.4. The summed E-state index contributed by atoms with van der Waals surface area (Å²) in [4.78, 5) is 2.41. The van der Waals surface area contributed by atoms with E-state index in [9.17, 15) is 0 Å². The molecule has 5 aromatic heterocycles. The van der Waals surface area contributed by atoms with E-state index in [-0.39, 0.29) is 7.43 Å². The predicted molar refractivity (Wildman–Crippen MR) is 551 cm³/mol. The van der Waals surface area contributed by atoms with Gasteiger partial charge in [0.05, 0.1) is 22.1 Å². The second-order valence-electron chi connectivity index (χ2n) is 30.5. The Morgan fingerprint density at radius 3 is 1.01 bits per heavy atom. The maximum atomic E-state index is 5.60. The molecule has 0 unspecified atom stereocenters. The van der Waals surface area contributed by atoms with Gasteiger partial charge in [-0.25, -0.2) is 0 Å². The molecule has 0 aliphatic rings. The van der Waals surface area contributed by atoms with Crippen LogP contribution in [0.4, 0.5) is 34.1 Å². The molecule has 0 saturated carbocycles. The van der Waals surface area contributed by atoms with Gasteiger partial charge in [0.1, 0.15) is 0 Å². The van der Waals surface area contributed by atoms with Crippen molar-refractivity contribution in [1.82, 2.24) is 13.7 Å². The molecule has 0 saturated heterocycles. The minimum atomic E-state index is 0. The van der Waals surface area contributed by atoms with Crippen LogP contribution in [-0.4, -0.2) is 42.7 Å². The molecule has 24 rings (SSSR count). The van der Waals surface area contributed by atoms with Crippen molar-refractivity contribution in [1.29, 1.82) is 0 Å². The van der Waals surface area contributed by atoms with Crippen LogP contribution in [0.2, 0.25) is 0 Å². The molecule has 0 aliphatic heterocycles. The number of hydrogen-bond acceptors (Lipinski definition) is 3. The molecule has 5 heterocycles. The summed E-state index contributed by atoms with van der Waals surface area (Å²) in [7, 11) is 0. The van der Waals surface area contributed by atoms with Crippen LogP contribution in [0.25, 0.3) is 154 Å². The summed E-state index contributed by atoms with van der Waals surface area (Å²) in [5, 5.41) is 16.8. The first kappa shape index (κ1) is 80.9. The zero-order valence-corrected chi connectivity index (χ0v) is 74.6. The van der Waals surface area contributed by atoms with Gasteiger partial charge in [-0.2, -0.15) is 0 Å². The molecule has 0 atom stereocenters. The summed E-state index contributed by atoms with van der Waals surface area (Å²) in [6, 6.07) is 166. The normalized spacial score (nSPS) is 11.1. The first-order valence-corrected chi connectivity index (χ1v) is 46.7. The first-order chi connectivity index (χ1) is 61.2. The van der Waals surface area contributed by atoms with Crippen LogP contribution in [0.3, 0.4) is 0 Å². The second-order valence-corrected chi connectivity index (χ2v) is 37.2. The number of para-hydroxylation sites is 6. The number of aromatic nitrogens is 3. The Morgan fingerprint density at radius 1 is 0.240 bits per heavy atom. The van der Waals surface area contributed by atoms with E-state index in [0.717, 1.165) is 28.4 Å². The van der Waals surface area contributed by atoms with E-state index in [1.54, 1.807) is 0 Å². The second kappa shape index (κ2) is 36.7.